The Bertz CT molecular complexity index is 529. The third kappa shape index (κ3) is 7.76. The maximum absolute atomic E-state index is 12.3. The van der Waals surface area contributed by atoms with Crippen molar-refractivity contribution in [3.8, 4) is 0 Å². The minimum absolute atomic E-state index is 0.191. The molecule has 6 nitrogen and oxygen atoms in total. The van der Waals surface area contributed by atoms with Crippen molar-refractivity contribution in [3.05, 3.63) is 35.9 Å². The van der Waals surface area contributed by atoms with Crippen LogP contribution in [0.15, 0.2) is 30.3 Å². The zero-order chi connectivity index (χ0) is 17.8. The van der Waals surface area contributed by atoms with Crippen LogP contribution in [0, 0.1) is 0 Å². The number of carbonyl (C=O) groups is 3. The molecule has 0 unspecified atom stereocenters. The number of amides is 1. The molecule has 0 heterocycles. The molecule has 1 aromatic rings. The Morgan fingerprint density at radius 1 is 1.00 bits per heavy atom. The molecule has 1 amide bonds. The van der Waals surface area contributed by atoms with E-state index in [1.807, 2.05) is 37.3 Å². The van der Waals surface area contributed by atoms with Gasteiger partial charge in [0, 0.05) is 6.54 Å². The number of rotatable bonds is 10. The van der Waals surface area contributed by atoms with E-state index >= 15 is 0 Å². The topological polar surface area (TPSA) is 72.9 Å². The van der Waals surface area contributed by atoms with E-state index in [1.54, 1.807) is 6.92 Å². The van der Waals surface area contributed by atoms with Gasteiger partial charge in [0.1, 0.15) is 13.0 Å². The van der Waals surface area contributed by atoms with Crippen LogP contribution in [-0.4, -0.2) is 42.5 Å². The Hall–Kier alpha value is -2.37. The highest BCUT2D eigenvalue weighted by molar-refractivity contribution is 5.95. The number of esters is 2. The number of ether oxygens (including phenoxy) is 2. The average molecular weight is 335 g/mol. The molecule has 0 atom stereocenters. The smallest absolute Gasteiger partial charge is 0.325 e. The molecule has 1 aromatic carbocycles. The van der Waals surface area contributed by atoms with Gasteiger partial charge in [-0.25, -0.2) is 0 Å². The van der Waals surface area contributed by atoms with Gasteiger partial charge in [0.05, 0.1) is 13.2 Å². The van der Waals surface area contributed by atoms with E-state index < -0.39 is 17.8 Å². The Balaban J connectivity index is 2.66. The quantitative estimate of drug-likeness (QED) is 0.373. The molecule has 0 aliphatic heterocycles. The number of hydrogen-bond acceptors (Lipinski definition) is 5. The molecule has 0 N–H and O–H groups in total. The lowest BCUT2D eigenvalue weighted by Crippen LogP contribution is -2.37. The summed E-state index contributed by atoms with van der Waals surface area (Å²) in [5, 5.41) is 0. The normalized spacial score (nSPS) is 10.1. The van der Waals surface area contributed by atoms with Crippen LogP contribution in [0.3, 0.4) is 0 Å². The zero-order valence-electron chi connectivity index (χ0n) is 14.3. The highest BCUT2D eigenvalue weighted by atomic mass is 16.5. The molecule has 0 radical (unpaired) electrons. The SMILES string of the molecule is CCCCOC(=O)CC(=O)N(CC(=O)OCC)Cc1ccccc1. The van der Waals surface area contributed by atoms with Crippen LogP contribution in [0.2, 0.25) is 0 Å². The summed E-state index contributed by atoms with van der Waals surface area (Å²) in [5.74, 6) is -1.52. The van der Waals surface area contributed by atoms with Gasteiger partial charge in [-0.3, -0.25) is 14.4 Å². The zero-order valence-corrected chi connectivity index (χ0v) is 14.3. The van der Waals surface area contributed by atoms with Crippen LogP contribution >= 0.6 is 0 Å². The molecule has 1 rings (SSSR count). The van der Waals surface area contributed by atoms with E-state index in [0.29, 0.717) is 6.61 Å². The van der Waals surface area contributed by atoms with Crippen LogP contribution in [0.25, 0.3) is 0 Å². The molecule has 0 fully saturated rings. The maximum atomic E-state index is 12.3. The fraction of sp³-hybridized carbons (Fsp3) is 0.500. The molecule has 0 spiro atoms. The first kappa shape index (κ1) is 19.7. The van der Waals surface area contributed by atoms with Crippen molar-refractivity contribution in [2.24, 2.45) is 0 Å². The van der Waals surface area contributed by atoms with E-state index in [1.165, 1.54) is 4.90 Å². The van der Waals surface area contributed by atoms with Crippen molar-refractivity contribution in [2.45, 2.75) is 39.7 Å². The van der Waals surface area contributed by atoms with Crippen molar-refractivity contribution in [1.82, 2.24) is 4.90 Å². The van der Waals surface area contributed by atoms with Crippen LogP contribution in [0.5, 0.6) is 0 Å². The van der Waals surface area contributed by atoms with Crippen LogP contribution in [-0.2, 0) is 30.4 Å². The summed E-state index contributed by atoms with van der Waals surface area (Å²) in [6.45, 7) is 4.28. The van der Waals surface area contributed by atoms with E-state index in [4.69, 9.17) is 9.47 Å². The van der Waals surface area contributed by atoms with E-state index in [-0.39, 0.29) is 26.1 Å². The van der Waals surface area contributed by atoms with Gasteiger partial charge >= 0.3 is 11.9 Å². The van der Waals surface area contributed by atoms with Crippen molar-refractivity contribution < 1.29 is 23.9 Å². The molecule has 6 heteroatoms. The van der Waals surface area contributed by atoms with Crippen molar-refractivity contribution in [2.75, 3.05) is 19.8 Å². The predicted molar refractivity (Wildman–Crippen MR) is 89.0 cm³/mol. The number of carbonyl (C=O) groups excluding carboxylic acids is 3. The highest BCUT2D eigenvalue weighted by Gasteiger charge is 2.21. The molecule has 132 valence electrons. The number of benzene rings is 1. The van der Waals surface area contributed by atoms with Crippen molar-refractivity contribution >= 4 is 17.8 Å². The van der Waals surface area contributed by atoms with E-state index in [2.05, 4.69) is 0 Å². The van der Waals surface area contributed by atoms with Gasteiger partial charge < -0.3 is 14.4 Å². The van der Waals surface area contributed by atoms with Crippen LogP contribution in [0.1, 0.15) is 38.7 Å². The lowest BCUT2D eigenvalue weighted by Gasteiger charge is -2.21. The monoisotopic (exact) mass is 335 g/mol. The first-order valence-corrected chi connectivity index (χ1v) is 8.19. The second kappa shape index (κ2) is 11.2. The average Bonchev–Trinajstić information content (AvgIpc) is 2.55. The second-order valence-corrected chi connectivity index (χ2v) is 5.29. The molecular formula is C18H25NO5. The Morgan fingerprint density at radius 3 is 2.33 bits per heavy atom. The third-order valence-corrected chi connectivity index (χ3v) is 3.25. The van der Waals surface area contributed by atoms with Crippen molar-refractivity contribution in [3.63, 3.8) is 0 Å². The Kier molecular flexibility index (Phi) is 9.19. The minimum Gasteiger partial charge on any atom is -0.465 e. The number of unbranched alkanes of at least 4 members (excludes halogenated alkanes) is 1. The summed E-state index contributed by atoms with van der Waals surface area (Å²) in [7, 11) is 0. The molecular weight excluding hydrogens is 310 g/mol. The third-order valence-electron chi connectivity index (χ3n) is 3.25. The molecule has 0 aromatic heterocycles. The van der Waals surface area contributed by atoms with Crippen LogP contribution < -0.4 is 0 Å². The fourth-order valence-electron chi connectivity index (χ4n) is 2.02. The molecule has 0 bridgehead atoms. The van der Waals surface area contributed by atoms with Gasteiger partial charge in [-0.15, -0.1) is 0 Å². The number of nitrogens with zero attached hydrogens (tertiary/aromatic N) is 1. The summed E-state index contributed by atoms with van der Waals surface area (Å²) >= 11 is 0. The first-order chi connectivity index (χ1) is 11.6. The first-order valence-electron chi connectivity index (χ1n) is 8.19. The summed E-state index contributed by atoms with van der Waals surface area (Å²) in [6.07, 6.45) is 1.29. The highest BCUT2D eigenvalue weighted by Crippen LogP contribution is 2.07. The number of hydrogen-bond donors (Lipinski definition) is 0. The summed E-state index contributed by atoms with van der Waals surface area (Å²) in [6, 6.07) is 9.27. The standard InChI is InChI=1S/C18H25NO5/c1-3-5-11-24-17(21)12-16(20)19(14-18(22)23-4-2)13-15-9-7-6-8-10-15/h6-10H,3-5,11-14H2,1-2H3. The van der Waals surface area contributed by atoms with Crippen LogP contribution in [0.4, 0.5) is 0 Å². The Labute approximate surface area is 142 Å². The lowest BCUT2D eigenvalue weighted by atomic mass is 10.2. The fourth-order valence-corrected chi connectivity index (χ4v) is 2.02. The minimum atomic E-state index is -0.574. The molecule has 0 aliphatic carbocycles. The summed E-state index contributed by atoms with van der Waals surface area (Å²) < 4.78 is 9.90. The van der Waals surface area contributed by atoms with Gasteiger partial charge in [0.25, 0.3) is 0 Å². The lowest BCUT2D eigenvalue weighted by molar-refractivity contribution is -0.154. The van der Waals surface area contributed by atoms with Gasteiger partial charge in [-0.05, 0) is 18.9 Å². The van der Waals surface area contributed by atoms with Gasteiger partial charge in [0.15, 0.2) is 0 Å². The van der Waals surface area contributed by atoms with E-state index in [9.17, 15) is 14.4 Å². The van der Waals surface area contributed by atoms with Crippen molar-refractivity contribution in [1.29, 1.82) is 0 Å². The Morgan fingerprint density at radius 2 is 1.71 bits per heavy atom. The van der Waals surface area contributed by atoms with Gasteiger partial charge in [-0.2, -0.15) is 0 Å². The molecule has 24 heavy (non-hydrogen) atoms. The van der Waals surface area contributed by atoms with Gasteiger partial charge in [0.2, 0.25) is 5.91 Å². The maximum Gasteiger partial charge on any atom is 0.325 e. The molecule has 0 saturated carbocycles. The second-order valence-electron chi connectivity index (χ2n) is 5.29. The van der Waals surface area contributed by atoms with Gasteiger partial charge in [-0.1, -0.05) is 43.7 Å². The largest absolute Gasteiger partial charge is 0.465 e. The summed E-state index contributed by atoms with van der Waals surface area (Å²) in [5.41, 5.74) is 0.870. The molecule has 0 aliphatic rings. The van der Waals surface area contributed by atoms with E-state index in [0.717, 1.165) is 18.4 Å². The summed E-state index contributed by atoms with van der Waals surface area (Å²) in [4.78, 5) is 37.1. The molecule has 0 saturated heterocycles. The predicted octanol–water partition coefficient (Wildman–Crippen LogP) is 2.31.